The Bertz CT molecular complexity index is 1080. The van der Waals surface area contributed by atoms with Crippen molar-refractivity contribution in [3.63, 3.8) is 0 Å². The molecule has 4 heteroatoms. The zero-order valence-electron chi connectivity index (χ0n) is 15.7. The number of fused-ring (bicyclic) bond motifs is 1. The van der Waals surface area contributed by atoms with Gasteiger partial charge in [0, 0.05) is 34.8 Å². The van der Waals surface area contributed by atoms with E-state index >= 15 is 0 Å². The lowest BCUT2D eigenvalue weighted by Gasteiger charge is -2.04. The summed E-state index contributed by atoms with van der Waals surface area (Å²) in [6.07, 6.45) is 2.29. The van der Waals surface area contributed by atoms with Crippen molar-refractivity contribution in [2.45, 2.75) is 13.3 Å². The summed E-state index contributed by atoms with van der Waals surface area (Å²) in [5, 5.41) is 17.4. The Kier molecular flexibility index (Phi) is 6.02. The van der Waals surface area contributed by atoms with E-state index < -0.39 is 5.97 Å². The maximum atomic E-state index is 9.37. The summed E-state index contributed by atoms with van der Waals surface area (Å²) in [6.45, 7) is 1.60. The monoisotopic (exact) mass is 370 g/mol. The SMILES string of the molecule is CCC(=O)O.N=C(c1ccccc1)c1cn(-c2ccccc2)c2ccccc12. The molecule has 4 rings (SSSR count). The molecule has 0 aliphatic carbocycles. The van der Waals surface area contributed by atoms with Gasteiger partial charge in [-0.05, 0) is 18.2 Å². The van der Waals surface area contributed by atoms with Gasteiger partial charge in [-0.3, -0.25) is 10.2 Å². The number of carbonyl (C=O) groups is 1. The highest BCUT2D eigenvalue weighted by Crippen LogP contribution is 2.26. The summed E-state index contributed by atoms with van der Waals surface area (Å²) in [6, 6.07) is 28.4. The Balaban J connectivity index is 0.000000403. The zero-order valence-corrected chi connectivity index (χ0v) is 15.7. The maximum absolute atomic E-state index is 9.37. The molecule has 0 aliphatic rings. The highest BCUT2D eigenvalue weighted by Gasteiger charge is 2.14. The highest BCUT2D eigenvalue weighted by molar-refractivity contribution is 6.18. The Hall–Kier alpha value is -3.66. The summed E-state index contributed by atoms with van der Waals surface area (Å²) in [7, 11) is 0. The fourth-order valence-corrected chi connectivity index (χ4v) is 2.94. The van der Waals surface area contributed by atoms with Crippen LogP contribution < -0.4 is 0 Å². The molecule has 4 nitrogen and oxygen atoms in total. The van der Waals surface area contributed by atoms with Gasteiger partial charge in [-0.1, -0.05) is 73.7 Å². The minimum atomic E-state index is -0.745. The molecular weight excluding hydrogens is 348 g/mol. The first-order chi connectivity index (χ1) is 13.6. The van der Waals surface area contributed by atoms with E-state index in [2.05, 4.69) is 35.0 Å². The third-order valence-corrected chi connectivity index (χ3v) is 4.38. The van der Waals surface area contributed by atoms with E-state index in [4.69, 9.17) is 10.5 Å². The van der Waals surface area contributed by atoms with Gasteiger partial charge in [-0.15, -0.1) is 0 Å². The second-order valence-electron chi connectivity index (χ2n) is 6.25. The Morgan fingerprint density at radius 2 is 1.43 bits per heavy atom. The van der Waals surface area contributed by atoms with E-state index in [1.807, 2.05) is 60.7 Å². The Labute approximate surface area is 164 Å². The number of aromatic nitrogens is 1. The van der Waals surface area contributed by atoms with Crippen LogP contribution in [0.25, 0.3) is 16.6 Å². The van der Waals surface area contributed by atoms with Crippen LogP contribution in [-0.2, 0) is 4.79 Å². The number of nitrogens with zero attached hydrogens (tertiary/aromatic N) is 1. The molecule has 0 radical (unpaired) electrons. The van der Waals surface area contributed by atoms with Gasteiger partial charge in [0.05, 0.1) is 11.2 Å². The molecule has 0 amide bonds. The fourth-order valence-electron chi connectivity index (χ4n) is 2.94. The minimum absolute atomic E-state index is 0.222. The van der Waals surface area contributed by atoms with Gasteiger partial charge in [-0.25, -0.2) is 0 Å². The molecule has 28 heavy (non-hydrogen) atoms. The molecule has 1 heterocycles. The third kappa shape index (κ3) is 4.18. The van der Waals surface area contributed by atoms with Crippen molar-refractivity contribution in [1.29, 1.82) is 5.41 Å². The van der Waals surface area contributed by atoms with Crippen LogP contribution in [-0.4, -0.2) is 21.4 Å². The largest absolute Gasteiger partial charge is 0.481 e. The van der Waals surface area contributed by atoms with Crippen molar-refractivity contribution in [2.24, 2.45) is 0 Å². The molecular formula is C24H22N2O2. The molecule has 0 spiro atoms. The van der Waals surface area contributed by atoms with E-state index in [1.54, 1.807) is 6.92 Å². The third-order valence-electron chi connectivity index (χ3n) is 4.38. The Morgan fingerprint density at radius 3 is 2.04 bits per heavy atom. The van der Waals surface area contributed by atoms with Gasteiger partial charge in [-0.2, -0.15) is 0 Å². The molecule has 2 N–H and O–H groups in total. The highest BCUT2D eigenvalue weighted by atomic mass is 16.4. The molecule has 3 aromatic carbocycles. The summed E-state index contributed by atoms with van der Waals surface area (Å²) in [5.74, 6) is -0.745. The average Bonchev–Trinajstić information content (AvgIpc) is 3.14. The lowest BCUT2D eigenvalue weighted by molar-refractivity contribution is -0.136. The first-order valence-corrected chi connectivity index (χ1v) is 9.13. The molecule has 0 unspecified atom stereocenters. The summed E-state index contributed by atoms with van der Waals surface area (Å²) in [5.41, 5.74) is 4.67. The predicted octanol–water partition coefficient (Wildman–Crippen LogP) is 5.53. The van der Waals surface area contributed by atoms with E-state index in [-0.39, 0.29) is 6.42 Å². The van der Waals surface area contributed by atoms with E-state index in [9.17, 15) is 4.79 Å². The van der Waals surface area contributed by atoms with Crippen molar-refractivity contribution in [3.8, 4) is 5.69 Å². The van der Waals surface area contributed by atoms with Crippen LogP contribution in [0.2, 0.25) is 0 Å². The van der Waals surface area contributed by atoms with Gasteiger partial charge in [0.1, 0.15) is 0 Å². The van der Waals surface area contributed by atoms with Crippen molar-refractivity contribution in [3.05, 3.63) is 102 Å². The molecule has 0 atom stereocenters. The number of hydrogen-bond donors (Lipinski definition) is 2. The fraction of sp³-hybridized carbons (Fsp3) is 0.0833. The molecule has 0 bridgehead atoms. The molecule has 0 aliphatic heterocycles. The summed E-state index contributed by atoms with van der Waals surface area (Å²) in [4.78, 5) is 9.37. The Morgan fingerprint density at radius 1 is 0.893 bits per heavy atom. The number of para-hydroxylation sites is 2. The number of aliphatic carboxylic acids is 1. The van der Waals surface area contributed by atoms with Gasteiger partial charge in [0.25, 0.3) is 0 Å². The minimum Gasteiger partial charge on any atom is -0.481 e. The van der Waals surface area contributed by atoms with E-state index in [0.717, 1.165) is 27.7 Å². The van der Waals surface area contributed by atoms with E-state index in [1.165, 1.54) is 0 Å². The molecule has 0 fully saturated rings. The normalized spacial score (nSPS) is 10.2. The van der Waals surface area contributed by atoms with Crippen LogP contribution in [0.5, 0.6) is 0 Å². The second-order valence-corrected chi connectivity index (χ2v) is 6.25. The summed E-state index contributed by atoms with van der Waals surface area (Å²) < 4.78 is 2.15. The van der Waals surface area contributed by atoms with Gasteiger partial charge in [0.2, 0.25) is 0 Å². The average molecular weight is 370 g/mol. The van der Waals surface area contributed by atoms with Crippen LogP contribution in [0.4, 0.5) is 0 Å². The standard InChI is InChI=1S/C21H16N2.C3H6O2/c22-21(16-9-3-1-4-10-16)19-15-23(17-11-5-2-6-12-17)20-14-8-7-13-18(19)20;1-2-3(4)5/h1-15,22H;2H2,1H3,(H,4,5). The number of carboxylic acids is 1. The van der Waals surface area contributed by atoms with Crippen LogP contribution in [0.15, 0.2) is 91.1 Å². The van der Waals surface area contributed by atoms with Crippen molar-refractivity contribution in [2.75, 3.05) is 0 Å². The number of rotatable bonds is 4. The lowest BCUT2D eigenvalue weighted by Crippen LogP contribution is -2.00. The zero-order chi connectivity index (χ0) is 19.9. The predicted molar refractivity (Wildman–Crippen MR) is 114 cm³/mol. The molecule has 4 aromatic rings. The lowest BCUT2D eigenvalue weighted by atomic mass is 10.0. The molecule has 0 saturated carbocycles. The van der Waals surface area contributed by atoms with Gasteiger partial charge >= 0.3 is 5.97 Å². The van der Waals surface area contributed by atoms with Crippen molar-refractivity contribution < 1.29 is 9.90 Å². The van der Waals surface area contributed by atoms with Crippen LogP contribution in [0, 0.1) is 5.41 Å². The van der Waals surface area contributed by atoms with Crippen molar-refractivity contribution >= 4 is 22.6 Å². The maximum Gasteiger partial charge on any atom is 0.303 e. The second kappa shape index (κ2) is 8.82. The summed E-state index contributed by atoms with van der Waals surface area (Å²) >= 11 is 0. The van der Waals surface area contributed by atoms with Crippen molar-refractivity contribution in [1.82, 2.24) is 4.57 Å². The molecule has 1 aromatic heterocycles. The van der Waals surface area contributed by atoms with Gasteiger partial charge in [0.15, 0.2) is 0 Å². The topological polar surface area (TPSA) is 66.1 Å². The smallest absolute Gasteiger partial charge is 0.303 e. The first-order valence-electron chi connectivity index (χ1n) is 9.13. The first kappa shape index (κ1) is 19.1. The molecule has 140 valence electrons. The number of hydrogen-bond acceptors (Lipinski definition) is 2. The van der Waals surface area contributed by atoms with Crippen LogP contribution in [0.1, 0.15) is 24.5 Å². The van der Waals surface area contributed by atoms with Crippen LogP contribution >= 0.6 is 0 Å². The van der Waals surface area contributed by atoms with Crippen LogP contribution in [0.3, 0.4) is 0 Å². The van der Waals surface area contributed by atoms with E-state index in [0.29, 0.717) is 5.71 Å². The quantitative estimate of drug-likeness (QED) is 0.464. The number of carboxylic acid groups (broad SMARTS) is 1. The number of benzene rings is 3. The number of nitrogens with one attached hydrogen (secondary N) is 1. The molecule has 0 saturated heterocycles. The van der Waals surface area contributed by atoms with Gasteiger partial charge < -0.3 is 9.67 Å².